The van der Waals surface area contributed by atoms with Crippen molar-refractivity contribution < 1.29 is 18.3 Å². The van der Waals surface area contributed by atoms with Crippen LogP contribution in [0.2, 0.25) is 0 Å². The van der Waals surface area contributed by atoms with Crippen LogP contribution in [0.25, 0.3) is 0 Å². The molecule has 128 valence electrons. The lowest BCUT2D eigenvalue weighted by Gasteiger charge is -2.11. The van der Waals surface area contributed by atoms with Crippen LogP contribution in [0.1, 0.15) is 39.8 Å². The van der Waals surface area contributed by atoms with Gasteiger partial charge in [-0.25, -0.2) is 17.9 Å². The predicted octanol–water partition coefficient (Wildman–Crippen LogP) is 2.44. The number of aromatic carboxylic acids is 1. The van der Waals surface area contributed by atoms with Crippen molar-refractivity contribution in [2.75, 3.05) is 0 Å². The van der Waals surface area contributed by atoms with Crippen molar-refractivity contribution in [2.24, 2.45) is 0 Å². The van der Waals surface area contributed by atoms with Crippen molar-refractivity contribution in [1.82, 2.24) is 9.71 Å². The quantitative estimate of drug-likeness (QED) is 0.836. The van der Waals surface area contributed by atoms with Crippen LogP contribution in [0.4, 0.5) is 0 Å². The van der Waals surface area contributed by atoms with Crippen molar-refractivity contribution in [1.29, 1.82) is 0 Å². The van der Waals surface area contributed by atoms with E-state index in [4.69, 9.17) is 5.11 Å². The smallest absolute Gasteiger partial charge is 0.337 e. The van der Waals surface area contributed by atoms with Crippen LogP contribution >= 0.6 is 0 Å². The summed E-state index contributed by atoms with van der Waals surface area (Å²) in [6, 6.07) is 8.22. The molecule has 6 nitrogen and oxygen atoms in total. The van der Waals surface area contributed by atoms with Crippen LogP contribution in [0, 0.1) is 13.8 Å². The highest BCUT2D eigenvalue weighted by Crippen LogP contribution is 2.17. The van der Waals surface area contributed by atoms with Gasteiger partial charge in [0.05, 0.1) is 28.4 Å². The highest BCUT2D eigenvalue weighted by Gasteiger charge is 2.17. The van der Waals surface area contributed by atoms with E-state index in [1.807, 2.05) is 13.0 Å². The minimum Gasteiger partial charge on any atom is -0.478 e. The molecule has 0 aliphatic heterocycles. The third-order valence-electron chi connectivity index (χ3n) is 3.67. The van der Waals surface area contributed by atoms with E-state index in [1.165, 1.54) is 12.1 Å². The summed E-state index contributed by atoms with van der Waals surface area (Å²) in [5.74, 6) is -1.04. The Bertz CT molecular complexity index is 876. The number of aryl methyl sites for hydroxylation is 3. The molecule has 0 saturated heterocycles. The summed E-state index contributed by atoms with van der Waals surface area (Å²) in [5, 5.41) is 9.10. The largest absolute Gasteiger partial charge is 0.478 e. The summed E-state index contributed by atoms with van der Waals surface area (Å²) in [5.41, 5.74) is 2.57. The van der Waals surface area contributed by atoms with Crippen LogP contribution < -0.4 is 4.72 Å². The number of rotatable bonds is 6. The van der Waals surface area contributed by atoms with Gasteiger partial charge in [0.15, 0.2) is 0 Å². The highest BCUT2D eigenvalue weighted by atomic mass is 32.2. The number of nitrogens with zero attached hydrogens (tertiary/aromatic N) is 1. The molecule has 1 aromatic heterocycles. The van der Waals surface area contributed by atoms with Gasteiger partial charge in [0.25, 0.3) is 0 Å². The molecule has 1 aromatic carbocycles. The van der Waals surface area contributed by atoms with Crippen molar-refractivity contribution in [3.63, 3.8) is 0 Å². The maximum absolute atomic E-state index is 12.5. The third-order valence-corrected chi connectivity index (χ3v) is 5.22. The summed E-state index contributed by atoms with van der Waals surface area (Å²) >= 11 is 0. The van der Waals surface area contributed by atoms with Crippen molar-refractivity contribution in [3.8, 4) is 0 Å². The van der Waals surface area contributed by atoms with Gasteiger partial charge in [-0.15, -0.1) is 0 Å². The Kier molecular flexibility index (Phi) is 5.36. The molecule has 0 amide bonds. The number of sulfonamides is 1. The zero-order chi connectivity index (χ0) is 17.9. The third kappa shape index (κ3) is 3.98. The Labute approximate surface area is 141 Å². The standard InChI is InChI=1S/C17H20N2O4S/c1-4-15-14(17(20)21)8-7-13(19-15)10-18-24(22,23)16-9-11(2)5-6-12(16)3/h5-9,18H,4,10H2,1-3H3,(H,20,21). The van der Waals surface area contributed by atoms with Crippen LogP contribution in [0.3, 0.4) is 0 Å². The van der Waals surface area contributed by atoms with Gasteiger partial charge < -0.3 is 5.11 Å². The minimum atomic E-state index is -3.66. The molecule has 2 aromatic rings. The van der Waals surface area contributed by atoms with Crippen molar-refractivity contribution >= 4 is 16.0 Å². The van der Waals surface area contributed by atoms with E-state index in [9.17, 15) is 13.2 Å². The van der Waals surface area contributed by atoms with Gasteiger partial charge in [-0.3, -0.25) is 4.98 Å². The molecule has 0 bridgehead atoms. The normalized spacial score (nSPS) is 11.5. The van der Waals surface area contributed by atoms with E-state index in [0.29, 0.717) is 23.4 Å². The first kappa shape index (κ1) is 18.1. The maximum Gasteiger partial charge on any atom is 0.337 e. The molecule has 0 saturated carbocycles. The minimum absolute atomic E-state index is 0.00259. The first-order valence-electron chi connectivity index (χ1n) is 7.53. The Morgan fingerprint density at radius 3 is 2.54 bits per heavy atom. The fourth-order valence-electron chi connectivity index (χ4n) is 2.35. The number of carbonyl (C=O) groups is 1. The Balaban J connectivity index is 2.24. The second kappa shape index (κ2) is 7.11. The van der Waals surface area contributed by atoms with E-state index < -0.39 is 16.0 Å². The SMILES string of the molecule is CCc1nc(CNS(=O)(=O)c2cc(C)ccc2C)ccc1C(=O)O. The molecular weight excluding hydrogens is 328 g/mol. The van der Waals surface area contributed by atoms with E-state index in [0.717, 1.165) is 5.56 Å². The zero-order valence-electron chi connectivity index (χ0n) is 13.8. The van der Waals surface area contributed by atoms with Crippen LogP contribution in [-0.2, 0) is 23.0 Å². The summed E-state index contributed by atoms with van der Waals surface area (Å²) in [6.45, 7) is 5.38. The van der Waals surface area contributed by atoms with Crippen LogP contribution in [-0.4, -0.2) is 24.5 Å². The summed E-state index contributed by atoms with van der Waals surface area (Å²) in [4.78, 5) is 15.6. The lowest BCUT2D eigenvalue weighted by atomic mass is 10.1. The van der Waals surface area contributed by atoms with Crippen LogP contribution in [0.15, 0.2) is 35.2 Å². The average Bonchev–Trinajstić information content (AvgIpc) is 2.54. The molecule has 1 heterocycles. The van der Waals surface area contributed by atoms with Gasteiger partial charge in [-0.2, -0.15) is 0 Å². The fraction of sp³-hybridized carbons (Fsp3) is 0.294. The second-order valence-electron chi connectivity index (χ2n) is 5.55. The number of hydrogen-bond donors (Lipinski definition) is 2. The summed E-state index contributed by atoms with van der Waals surface area (Å²) in [7, 11) is -3.66. The van der Waals surface area contributed by atoms with Gasteiger partial charge in [0.1, 0.15) is 0 Å². The monoisotopic (exact) mass is 348 g/mol. The molecule has 0 aliphatic rings. The van der Waals surface area contributed by atoms with E-state index in [-0.39, 0.29) is 17.0 Å². The number of hydrogen-bond acceptors (Lipinski definition) is 4. The molecule has 2 N–H and O–H groups in total. The second-order valence-corrected chi connectivity index (χ2v) is 7.28. The Hall–Kier alpha value is -2.25. The summed E-state index contributed by atoms with van der Waals surface area (Å²) in [6.07, 6.45) is 0.458. The summed E-state index contributed by atoms with van der Waals surface area (Å²) < 4.78 is 27.5. The maximum atomic E-state index is 12.5. The first-order chi connectivity index (χ1) is 11.2. The molecule has 0 atom stereocenters. The lowest BCUT2D eigenvalue weighted by Crippen LogP contribution is -2.25. The molecule has 0 spiro atoms. The van der Waals surface area contributed by atoms with Gasteiger partial charge in [-0.1, -0.05) is 19.1 Å². The Morgan fingerprint density at radius 2 is 1.92 bits per heavy atom. The molecule has 7 heteroatoms. The molecule has 2 rings (SSSR count). The van der Waals surface area contributed by atoms with E-state index in [2.05, 4.69) is 9.71 Å². The number of benzene rings is 1. The highest BCUT2D eigenvalue weighted by molar-refractivity contribution is 7.89. The van der Waals surface area contributed by atoms with Crippen LogP contribution in [0.5, 0.6) is 0 Å². The van der Waals surface area contributed by atoms with Gasteiger partial charge in [0.2, 0.25) is 10.0 Å². The number of carboxylic acid groups (broad SMARTS) is 1. The predicted molar refractivity (Wildman–Crippen MR) is 90.5 cm³/mol. The van der Waals surface area contributed by atoms with E-state index >= 15 is 0 Å². The van der Waals surface area contributed by atoms with Gasteiger partial charge in [0, 0.05) is 0 Å². The topological polar surface area (TPSA) is 96.4 Å². The number of aromatic nitrogens is 1. The fourth-order valence-corrected chi connectivity index (χ4v) is 3.68. The molecular formula is C17H20N2O4S. The van der Waals surface area contributed by atoms with E-state index in [1.54, 1.807) is 26.0 Å². The molecule has 0 aliphatic carbocycles. The van der Waals surface area contributed by atoms with Crippen molar-refractivity contribution in [2.45, 2.75) is 38.6 Å². The first-order valence-corrected chi connectivity index (χ1v) is 9.02. The number of carboxylic acids is 1. The molecule has 24 heavy (non-hydrogen) atoms. The molecule has 0 fully saturated rings. The van der Waals surface area contributed by atoms with Gasteiger partial charge in [-0.05, 0) is 49.6 Å². The van der Waals surface area contributed by atoms with Crippen molar-refractivity contribution in [3.05, 3.63) is 58.4 Å². The molecule has 0 radical (unpaired) electrons. The Morgan fingerprint density at radius 1 is 1.21 bits per heavy atom. The zero-order valence-corrected chi connectivity index (χ0v) is 14.6. The average molecular weight is 348 g/mol. The molecule has 0 unspecified atom stereocenters. The van der Waals surface area contributed by atoms with Gasteiger partial charge >= 0.3 is 5.97 Å². The lowest BCUT2D eigenvalue weighted by molar-refractivity contribution is 0.0695. The number of nitrogens with one attached hydrogen (secondary N) is 1. The number of pyridine rings is 1.